The van der Waals surface area contributed by atoms with Crippen LogP contribution in [0.2, 0.25) is 10.0 Å². The Morgan fingerprint density at radius 3 is 2.67 bits per heavy atom. The highest BCUT2D eigenvalue weighted by Gasteiger charge is 2.18. The number of rotatable bonds is 7. The van der Waals surface area contributed by atoms with Gasteiger partial charge in [-0.05, 0) is 43.7 Å². The van der Waals surface area contributed by atoms with E-state index >= 15 is 0 Å². The molecule has 0 radical (unpaired) electrons. The minimum atomic E-state index is -0.570. The lowest BCUT2D eigenvalue weighted by Crippen LogP contribution is -2.31. The monoisotopic (exact) mass is 468 g/mol. The van der Waals surface area contributed by atoms with Crippen LogP contribution in [0.4, 0.5) is 5.82 Å². The minimum Gasteiger partial charge on any atom is -0.394 e. The van der Waals surface area contributed by atoms with Gasteiger partial charge in [-0.15, -0.1) is 12.4 Å². The van der Waals surface area contributed by atoms with Crippen molar-refractivity contribution in [2.24, 2.45) is 0 Å². The molecule has 160 valence electrons. The van der Waals surface area contributed by atoms with E-state index in [0.717, 1.165) is 16.7 Å². The molecule has 0 unspecified atom stereocenters. The van der Waals surface area contributed by atoms with Crippen molar-refractivity contribution in [1.82, 2.24) is 15.3 Å². The second-order valence-electron chi connectivity index (χ2n) is 6.91. The van der Waals surface area contributed by atoms with E-state index in [1.807, 2.05) is 19.9 Å². The van der Waals surface area contributed by atoms with E-state index in [2.05, 4.69) is 20.6 Å². The lowest BCUT2D eigenvalue weighted by atomic mass is 10.1. The third-order valence-corrected chi connectivity index (χ3v) is 4.81. The van der Waals surface area contributed by atoms with Crippen molar-refractivity contribution in [3.05, 3.63) is 70.1 Å². The largest absolute Gasteiger partial charge is 0.394 e. The summed E-state index contributed by atoms with van der Waals surface area (Å²) in [7, 11) is 0. The summed E-state index contributed by atoms with van der Waals surface area (Å²) in [5.41, 5.74) is 2.60. The molecule has 0 aliphatic rings. The molecule has 30 heavy (non-hydrogen) atoms. The maximum Gasteiger partial charge on any atom is 0.268 e. The molecule has 1 aromatic carbocycles. The number of carbonyl (C=O) groups excluding carboxylic acids is 1. The molecule has 0 saturated heterocycles. The van der Waals surface area contributed by atoms with Crippen LogP contribution in [0.1, 0.15) is 35.9 Å². The zero-order valence-electron chi connectivity index (χ0n) is 16.4. The van der Waals surface area contributed by atoms with Gasteiger partial charge in [-0.1, -0.05) is 35.3 Å². The molecule has 0 saturated carbocycles. The van der Waals surface area contributed by atoms with Gasteiger partial charge in [0.2, 0.25) is 0 Å². The number of aliphatic hydroxyl groups excluding tert-OH is 1. The molecule has 1 atom stereocenters. The van der Waals surface area contributed by atoms with Crippen LogP contribution in [0.3, 0.4) is 0 Å². The van der Waals surface area contributed by atoms with Crippen molar-refractivity contribution in [3.63, 3.8) is 0 Å². The number of aromatic amines is 1. The molecule has 0 aliphatic heterocycles. The first kappa shape index (κ1) is 24.0. The number of anilines is 1. The minimum absolute atomic E-state index is 0. The first-order valence-corrected chi connectivity index (χ1v) is 9.91. The average Bonchev–Trinajstić information content (AvgIpc) is 3.17. The Balaban J connectivity index is 0.00000320. The van der Waals surface area contributed by atoms with Gasteiger partial charge in [-0.25, -0.2) is 4.98 Å². The summed E-state index contributed by atoms with van der Waals surface area (Å²) in [4.78, 5) is 19.9. The molecule has 2 aromatic heterocycles. The number of nitrogens with zero attached hydrogens (tertiary/aromatic N) is 1. The van der Waals surface area contributed by atoms with Crippen molar-refractivity contribution in [2.75, 3.05) is 11.9 Å². The third kappa shape index (κ3) is 5.89. The van der Waals surface area contributed by atoms with Crippen molar-refractivity contribution >= 4 is 47.3 Å². The molecule has 1 amide bonds. The second kappa shape index (κ2) is 10.7. The number of hydrogen-bond donors (Lipinski definition) is 4. The van der Waals surface area contributed by atoms with Gasteiger partial charge < -0.3 is 20.7 Å². The molecule has 0 bridgehead atoms. The van der Waals surface area contributed by atoms with E-state index in [9.17, 15) is 9.90 Å². The molecule has 0 fully saturated rings. The molecule has 2 heterocycles. The Morgan fingerprint density at radius 1 is 1.23 bits per heavy atom. The Morgan fingerprint density at radius 2 is 2.00 bits per heavy atom. The van der Waals surface area contributed by atoms with Crippen molar-refractivity contribution < 1.29 is 9.90 Å². The summed E-state index contributed by atoms with van der Waals surface area (Å²) in [6, 6.07) is 10.2. The molecule has 9 heteroatoms. The molecule has 3 aromatic rings. The fourth-order valence-electron chi connectivity index (χ4n) is 2.91. The zero-order valence-corrected chi connectivity index (χ0v) is 18.8. The van der Waals surface area contributed by atoms with Gasteiger partial charge in [-0.3, -0.25) is 4.79 Å². The first-order valence-electron chi connectivity index (χ1n) is 9.15. The maximum absolute atomic E-state index is 12.7. The number of aliphatic hydroxyl groups is 1. The maximum atomic E-state index is 12.7. The molecule has 0 spiro atoms. The predicted molar refractivity (Wildman–Crippen MR) is 124 cm³/mol. The van der Waals surface area contributed by atoms with E-state index in [-0.39, 0.29) is 31.0 Å². The third-order valence-electron chi connectivity index (χ3n) is 4.27. The number of pyridine rings is 1. The summed E-state index contributed by atoms with van der Waals surface area (Å²) in [6.07, 6.45) is 3.29. The van der Waals surface area contributed by atoms with Crippen molar-refractivity contribution in [3.8, 4) is 11.1 Å². The lowest BCUT2D eigenvalue weighted by Gasteiger charge is -2.16. The number of H-pyrrole nitrogens is 1. The van der Waals surface area contributed by atoms with E-state index in [1.165, 1.54) is 0 Å². The van der Waals surface area contributed by atoms with Crippen LogP contribution in [-0.2, 0) is 0 Å². The number of hydrogen-bond acceptors (Lipinski definition) is 4. The Bertz CT molecular complexity index is 1010. The summed E-state index contributed by atoms with van der Waals surface area (Å²) in [5.74, 6) is 0.355. The summed E-state index contributed by atoms with van der Waals surface area (Å²) >= 11 is 12.3. The molecule has 3 rings (SSSR count). The van der Waals surface area contributed by atoms with Crippen LogP contribution < -0.4 is 10.6 Å². The number of halogens is 3. The fourth-order valence-corrected chi connectivity index (χ4v) is 3.32. The first-order chi connectivity index (χ1) is 13.9. The van der Waals surface area contributed by atoms with Gasteiger partial charge in [0.05, 0.1) is 17.7 Å². The molecular formula is C21H23Cl3N4O2. The molecule has 4 N–H and O–H groups in total. The summed E-state index contributed by atoms with van der Waals surface area (Å²) < 4.78 is 0. The van der Waals surface area contributed by atoms with Crippen LogP contribution in [0, 0.1) is 0 Å². The van der Waals surface area contributed by atoms with E-state index < -0.39 is 6.04 Å². The fraction of sp³-hybridized carbons (Fsp3) is 0.238. The second-order valence-corrected chi connectivity index (χ2v) is 7.76. The van der Waals surface area contributed by atoms with Crippen molar-refractivity contribution in [2.45, 2.75) is 25.9 Å². The smallest absolute Gasteiger partial charge is 0.268 e. The van der Waals surface area contributed by atoms with E-state index in [0.29, 0.717) is 21.6 Å². The lowest BCUT2D eigenvalue weighted by molar-refractivity contribution is 0.0912. The average molecular weight is 470 g/mol. The molecular weight excluding hydrogens is 447 g/mol. The Hall–Kier alpha value is -2.25. The highest BCUT2D eigenvalue weighted by Crippen LogP contribution is 2.30. The SMILES string of the molecule is CC(C)Nc1cc(-c2c[nH]c(C(=O)N[C@H](CO)c3cccc(Cl)c3)c2)c(Cl)cn1.Cl. The highest BCUT2D eigenvalue weighted by atomic mass is 35.5. The van der Waals surface area contributed by atoms with Gasteiger partial charge in [0.1, 0.15) is 11.5 Å². The van der Waals surface area contributed by atoms with Gasteiger partial charge in [-0.2, -0.15) is 0 Å². The predicted octanol–water partition coefficient (Wildman–Crippen LogP) is 5.09. The van der Waals surface area contributed by atoms with Gasteiger partial charge >= 0.3 is 0 Å². The topological polar surface area (TPSA) is 90.0 Å². The Kier molecular flexibility index (Phi) is 8.55. The van der Waals surface area contributed by atoms with Crippen LogP contribution >= 0.6 is 35.6 Å². The standard InChI is InChI=1S/C21H22Cl2N4O2.ClH/c1-12(2)26-20-8-16(17(23)10-25-20)14-7-18(24-9-14)21(29)27-19(11-28)13-4-3-5-15(22)6-13;/h3-10,12,19,24,28H,11H2,1-2H3,(H,25,26)(H,27,29);1H/t19-;/m1./s1. The molecule has 0 aliphatic carbocycles. The van der Waals surface area contributed by atoms with Gasteiger partial charge in [0.15, 0.2) is 0 Å². The summed E-state index contributed by atoms with van der Waals surface area (Å²) in [6.45, 7) is 3.79. The number of amides is 1. The number of carbonyl (C=O) groups is 1. The zero-order chi connectivity index (χ0) is 21.0. The van der Waals surface area contributed by atoms with Crippen LogP contribution in [0.5, 0.6) is 0 Å². The van der Waals surface area contributed by atoms with Crippen LogP contribution in [0.15, 0.2) is 48.8 Å². The van der Waals surface area contributed by atoms with Crippen LogP contribution in [-0.4, -0.2) is 33.6 Å². The van der Waals surface area contributed by atoms with Gasteiger partial charge in [0.25, 0.3) is 5.91 Å². The van der Waals surface area contributed by atoms with E-state index in [1.54, 1.807) is 42.7 Å². The normalized spacial score (nSPS) is 11.7. The quantitative estimate of drug-likeness (QED) is 0.388. The van der Waals surface area contributed by atoms with Crippen LogP contribution in [0.25, 0.3) is 11.1 Å². The molecule has 6 nitrogen and oxygen atoms in total. The Labute approximate surface area is 191 Å². The number of benzene rings is 1. The van der Waals surface area contributed by atoms with E-state index in [4.69, 9.17) is 23.2 Å². The summed E-state index contributed by atoms with van der Waals surface area (Å²) in [5, 5.41) is 16.7. The highest BCUT2D eigenvalue weighted by molar-refractivity contribution is 6.33. The van der Waals surface area contributed by atoms with Gasteiger partial charge in [0, 0.05) is 34.6 Å². The number of aromatic nitrogens is 2. The van der Waals surface area contributed by atoms with Crippen molar-refractivity contribution in [1.29, 1.82) is 0 Å². The number of nitrogens with one attached hydrogen (secondary N) is 3.